The number of hydrogen-bond donors (Lipinski definition) is 2. The van der Waals surface area contributed by atoms with Gasteiger partial charge in [-0.2, -0.15) is 0 Å². The fraction of sp³-hybridized carbons (Fsp3) is 0.152. The molecule has 9 heteroatoms. The standard InChI is InChI=1S/C33H31N7OS/c1-22-13-14-28(42-22)32(41)35-26-11-7-9-24(21-26)30-31(40-18-5-4-12-29(40)38-30)27-15-17-34-33(37-27)36-25-10-6-8-23(20-25)16-19-39(2)3/h4-15,17-18,20-21H,16,19H2,1-3H3,(H,35,41)(H,34,36,37). The number of carbonyl (C=O) groups excluding carboxylic acids is 1. The molecule has 210 valence electrons. The molecule has 1 amide bonds. The molecular weight excluding hydrogens is 542 g/mol. The van der Waals surface area contributed by atoms with Crippen LogP contribution < -0.4 is 10.6 Å². The summed E-state index contributed by atoms with van der Waals surface area (Å²) in [6.45, 7) is 2.97. The van der Waals surface area contributed by atoms with E-state index in [1.165, 1.54) is 16.9 Å². The Kier molecular flexibility index (Phi) is 7.76. The zero-order valence-electron chi connectivity index (χ0n) is 23.7. The van der Waals surface area contributed by atoms with Crippen LogP contribution in [0, 0.1) is 6.92 Å². The van der Waals surface area contributed by atoms with Crippen molar-refractivity contribution in [1.29, 1.82) is 0 Å². The Morgan fingerprint density at radius 2 is 1.79 bits per heavy atom. The van der Waals surface area contributed by atoms with Crippen LogP contribution in [0.4, 0.5) is 17.3 Å². The quantitative estimate of drug-likeness (QED) is 0.195. The summed E-state index contributed by atoms with van der Waals surface area (Å²) in [5.41, 5.74) is 6.89. The predicted octanol–water partition coefficient (Wildman–Crippen LogP) is 6.93. The zero-order chi connectivity index (χ0) is 29.1. The van der Waals surface area contributed by atoms with Gasteiger partial charge in [-0.25, -0.2) is 15.0 Å². The average molecular weight is 574 g/mol. The molecule has 4 heterocycles. The van der Waals surface area contributed by atoms with E-state index in [0.29, 0.717) is 16.5 Å². The molecule has 0 saturated heterocycles. The van der Waals surface area contributed by atoms with Gasteiger partial charge in [-0.3, -0.25) is 9.20 Å². The number of nitrogens with one attached hydrogen (secondary N) is 2. The number of imidazole rings is 1. The first-order valence-electron chi connectivity index (χ1n) is 13.7. The number of aryl methyl sites for hydroxylation is 1. The van der Waals surface area contributed by atoms with Crippen molar-refractivity contribution in [3.63, 3.8) is 0 Å². The van der Waals surface area contributed by atoms with Gasteiger partial charge in [0.2, 0.25) is 5.95 Å². The minimum absolute atomic E-state index is 0.127. The molecule has 42 heavy (non-hydrogen) atoms. The molecule has 0 saturated carbocycles. The van der Waals surface area contributed by atoms with E-state index in [0.717, 1.165) is 51.8 Å². The van der Waals surface area contributed by atoms with Gasteiger partial charge in [0, 0.05) is 40.8 Å². The Hall–Kier alpha value is -4.86. The van der Waals surface area contributed by atoms with Crippen LogP contribution in [0.25, 0.3) is 28.3 Å². The van der Waals surface area contributed by atoms with Gasteiger partial charge in [0.05, 0.1) is 22.0 Å². The molecule has 0 aliphatic heterocycles. The highest BCUT2D eigenvalue weighted by molar-refractivity contribution is 7.14. The van der Waals surface area contributed by atoms with Crippen LogP contribution in [0.5, 0.6) is 0 Å². The molecule has 0 radical (unpaired) electrons. The number of amides is 1. The maximum atomic E-state index is 12.8. The molecule has 0 aliphatic carbocycles. The zero-order valence-corrected chi connectivity index (χ0v) is 24.5. The van der Waals surface area contributed by atoms with E-state index in [2.05, 4.69) is 46.7 Å². The third-order valence-corrected chi connectivity index (χ3v) is 7.82. The summed E-state index contributed by atoms with van der Waals surface area (Å²) in [5.74, 6) is 0.374. The minimum atomic E-state index is -0.127. The first-order chi connectivity index (χ1) is 20.4. The summed E-state index contributed by atoms with van der Waals surface area (Å²) in [5, 5.41) is 6.41. The second-order valence-corrected chi connectivity index (χ2v) is 11.6. The summed E-state index contributed by atoms with van der Waals surface area (Å²) in [7, 11) is 4.15. The number of nitrogens with zero attached hydrogens (tertiary/aromatic N) is 5. The van der Waals surface area contributed by atoms with Crippen LogP contribution in [-0.2, 0) is 6.42 Å². The van der Waals surface area contributed by atoms with E-state index in [-0.39, 0.29) is 5.91 Å². The number of thiophene rings is 1. The maximum absolute atomic E-state index is 12.8. The Morgan fingerprint density at radius 1 is 0.929 bits per heavy atom. The highest BCUT2D eigenvalue weighted by Crippen LogP contribution is 2.33. The average Bonchev–Trinajstić information content (AvgIpc) is 3.61. The summed E-state index contributed by atoms with van der Waals surface area (Å²) < 4.78 is 2.03. The van der Waals surface area contributed by atoms with E-state index in [1.54, 1.807) is 6.20 Å². The number of benzene rings is 2. The van der Waals surface area contributed by atoms with Gasteiger partial charge in [-0.05, 0) is 87.6 Å². The Balaban J connectivity index is 1.33. The van der Waals surface area contributed by atoms with E-state index < -0.39 is 0 Å². The van der Waals surface area contributed by atoms with E-state index in [9.17, 15) is 4.79 Å². The molecule has 0 spiro atoms. The van der Waals surface area contributed by atoms with Crippen molar-refractivity contribution in [2.24, 2.45) is 0 Å². The molecule has 2 aromatic carbocycles. The van der Waals surface area contributed by atoms with Crippen molar-refractivity contribution in [2.45, 2.75) is 13.3 Å². The van der Waals surface area contributed by atoms with Crippen LogP contribution >= 0.6 is 11.3 Å². The third-order valence-electron chi connectivity index (χ3n) is 6.82. The molecule has 4 aromatic heterocycles. The van der Waals surface area contributed by atoms with Crippen LogP contribution in [0.1, 0.15) is 20.1 Å². The van der Waals surface area contributed by atoms with E-state index >= 15 is 0 Å². The van der Waals surface area contributed by atoms with E-state index in [4.69, 9.17) is 9.97 Å². The van der Waals surface area contributed by atoms with Crippen molar-refractivity contribution in [1.82, 2.24) is 24.3 Å². The molecule has 0 atom stereocenters. The summed E-state index contributed by atoms with van der Waals surface area (Å²) in [6, 6.07) is 27.7. The second-order valence-electron chi connectivity index (χ2n) is 10.3. The summed E-state index contributed by atoms with van der Waals surface area (Å²) in [4.78, 5) is 31.2. The van der Waals surface area contributed by atoms with Crippen LogP contribution in [0.15, 0.2) is 97.3 Å². The van der Waals surface area contributed by atoms with Crippen LogP contribution in [0.3, 0.4) is 0 Å². The molecule has 2 N–H and O–H groups in total. The molecular formula is C33H31N7OS. The van der Waals surface area contributed by atoms with Gasteiger partial charge in [0.1, 0.15) is 5.65 Å². The lowest BCUT2D eigenvalue weighted by Gasteiger charge is -2.11. The number of aromatic nitrogens is 4. The van der Waals surface area contributed by atoms with Crippen LogP contribution in [0.2, 0.25) is 0 Å². The van der Waals surface area contributed by atoms with Crippen molar-refractivity contribution < 1.29 is 4.79 Å². The van der Waals surface area contributed by atoms with Crippen molar-refractivity contribution in [2.75, 3.05) is 31.3 Å². The number of carbonyl (C=O) groups is 1. The van der Waals surface area contributed by atoms with Gasteiger partial charge < -0.3 is 15.5 Å². The van der Waals surface area contributed by atoms with Crippen LogP contribution in [-0.4, -0.2) is 50.8 Å². The number of pyridine rings is 1. The fourth-order valence-corrected chi connectivity index (χ4v) is 5.54. The van der Waals surface area contributed by atoms with Gasteiger partial charge in [-0.15, -0.1) is 11.3 Å². The van der Waals surface area contributed by atoms with Crippen molar-refractivity contribution in [3.05, 3.63) is 113 Å². The highest BCUT2D eigenvalue weighted by Gasteiger charge is 2.18. The molecule has 0 aliphatic rings. The maximum Gasteiger partial charge on any atom is 0.265 e. The number of rotatable bonds is 9. The topological polar surface area (TPSA) is 87.5 Å². The van der Waals surface area contributed by atoms with Gasteiger partial charge in [0.15, 0.2) is 0 Å². The Labute approximate surface area is 248 Å². The number of hydrogen-bond acceptors (Lipinski definition) is 7. The van der Waals surface area contributed by atoms with Crippen molar-refractivity contribution >= 4 is 40.2 Å². The van der Waals surface area contributed by atoms with Crippen molar-refractivity contribution in [3.8, 4) is 22.6 Å². The third kappa shape index (κ3) is 6.07. The first-order valence-corrected chi connectivity index (χ1v) is 14.5. The van der Waals surface area contributed by atoms with E-state index in [1.807, 2.05) is 90.3 Å². The second kappa shape index (κ2) is 11.9. The van der Waals surface area contributed by atoms with Gasteiger partial charge in [0.25, 0.3) is 5.91 Å². The largest absolute Gasteiger partial charge is 0.324 e. The lowest BCUT2D eigenvalue weighted by molar-refractivity contribution is 0.103. The smallest absolute Gasteiger partial charge is 0.265 e. The normalized spacial score (nSPS) is 11.2. The molecule has 0 fully saturated rings. The molecule has 0 bridgehead atoms. The number of fused-ring (bicyclic) bond motifs is 1. The Morgan fingerprint density at radius 3 is 2.62 bits per heavy atom. The monoisotopic (exact) mass is 573 g/mol. The summed E-state index contributed by atoms with van der Waals surface area (Å²) >= 11 is 1.47. The molecule has 6 rings (SSSR count). The number of anilines is 3. The minimum Gasteiger partial charge on any atom is -0.324 e. The first kappa shape index (κ1) is 27.3. The summed E-state index contributed by atoms with van der Waals surface area (Å²) in [6.07, 6.45) is 4.70. The Bertz CT molecular complexity index is 1870. The molecule has 8 nitrogen and oxygen atoms in total. The van der Waals surface area contributed by atoms with Gasteiger partial charge >= 0.3 is 0 Å². The lowest BCUT2D eigenvalue weighted by Crippen LogP contribution is -2.15. The van der Waals surface area contributed by atoms with Gasteiger partial charge in [-0.1, -0.05) is 30.3 Å². The molecule has 0 unspecified atom stereocenters. The molecule has 6 aromatic rings. The SMILES string of the molecule is Cc1ccc(C(=O)Nc2cccc(-c3nc4ccccn4c3-c3ccnc(Nc4cccc(CCN(C)C)c4)n3)c2)s1. The lowest BCUT2D eigenvalue weighted by atomic mass is 10.1. The highest BCUT2D eigenvalue weighted by atomic mass is 32.1. The fourth-order valence-electron chi connectivity index (χ4n) is 4.77. The predicted molar refractivity (Wildman–Crippen MR) is 171 cm³/mol. The number of likely N-dealkylation sites (N-methyl/N-ethyl adjacent to an activating group) is 1.